The first-order valence-corrected chi connectivity index (χ1v) is 5.47. The molecule has 0 atom stereocenters. The van der Waals surface area contributed by atoms with Gasteiger partial charge < -0.3 is 10.2 Å². The number of halogens is 2. The second kappa shape index (κ2) is 5.08. The molecule has 0 saturated heterocycles. The van der Waals surface area contributed by atoms with Gasteiger partial charge in [0.1, 0.15) is 22.8 Å². The third-order valence-corrected chi connectivity index (χ3v) is 2.75. The zero-order valence-corrected chi connectivity index (χ0v) is 9.93. The van der Waals surface area contributed by atoms with Crippen LogP contribution in [0.15, 0.2) is 36.4 Å². The molecule has 102 valence electrons. The Morgan fingerprint density at radius 1 is 0.750 bits per heavy atom. The predicted molar refractivity (Wildman–Crippen MR) is 65.7 cm³/mol. The van der Waals surface area contributed by atoms with Crippen LogP contribution in [0.3, 0.4) is 0 Å². The van der Waals surface area contributed by atoms with Crippen LogP contribution in [0.2, 0.25) is 0 Å². The third-order valence-electron chi connectivity index (χ3n) is 2.75. The molecule has 0 unspecified atom stereocenters. The normalized spacial score (nSPS) is 10.3. The van der Waals surface area contributed by atoms with E-state index in [1.807, 2.05) is 0 Å². The monoisotopic (exact) mass is 278 g/mol. The van der Waals surface area contributed by atoms with Crippen molar-refractivity contribution in [2.75, 3.05) is 0 Å². The standard InChI is InChI=1S/C14H8F2O4/c15-9-5-1-3-7(11(9)13(17)18)8-4-2-6-10(16)12(8)14(19)20/h1-6H,(H,17,18)(H,19,20). The Labute approximate surface area is 111 Å². The summed E-state index contributed by atoms with van der Waals surface area (Å²) >= 11 is 0. The van der Waals surface area contributed by atoms with Gasteiger partial charge in [0.25, 0.3) is 0 Å². The predicted octanol–water partition coefficient (Wildman–Crippen LogP) is 3.03. The smallest absolute Gasteiger partial charge is 0.339 e. The third kappa shape index (κ3) is 2.23. The van der Waals surface area contributed by atoms with Gasteiger partial charge in [-0.2, -0.15) is 0 Å². The molecule has 0 fully saturated rings. The van der Waals surface area contributed by atoms with Crippen molar-refractivity contribution in [3.05, 3.63) is 59.2 Å². The Morgan fingerprint density at radius 3 is 1.40 bits per heavy atom. The van der Waals surface area contributed by atoms with Crippen LogP contribution in [0.1, 0.15) is 20.7 Å². The second-order valence-corrected chi connectivity index (χ2v) is 3.94. The molecule has 0 aliphatic carbocycles. The zero-order chi connectivity index (χ0) is 14.9. The molecule has 2 N–H and O–H groups in total. The highest BCUT2D eigenvalue weighted by Gasteiger charge is 2.23. The molecule has 0 aromatic heterocycles. The van der Waals surface area contributed by atoms with E-state index in [0.717, 1.165) is 12.1 Å². The molecule has 0 amide bonds. The SMILES string of the molecule is O=C(O)c1c(F)cccc1-c1cccc(F)c1C(=O)O. The van der Waals surface area contributed by atoms with Gasteiger partial charge in [-0.25, -0.2) is 18.4 Å². The average Bonchev–Trinajstić information content (AvgIpc) is 2.37. The van der Waals surface area contributed by atoms with Crippen LogP contribution in [-0.2, 0) is 0 Å². The molecule has 0 saturated carbocycles. The van der Waals surface area contributed by atoms with Gasteiger partial charge in [-0.05, 0) is 12.1 Å². The summed E-state index contributed by atoms with van der Waals surface area (Å²) in [6.07, 6.45) is 0. The highest BCUT2D eigenvalue weighted by Crippen LogP contribution is 2.30. The molecule has 0 radical (unpaired) electrons. The number of aromatic carboxylic acids is 2. The van der Waals surface area contributed by atoms with Crippen molar-refractivity contribution in [3.63, 3.8) is 0 Å². The van der Waals surface area contributed by atoms with E-state index in [4.69, 9.17) is 10.2 Å². The van der Waals surface area contributed by atoms with Gasteiger partial charge in [0.05, 0.1) is 0 Å². The summed E-state index contributed by atoms with van der Waals surface area (Å²) in [5.74, 6) is -5.15. The van der Waals surface area contributed by atoms with Crippen molar-refractivity contribution in [1.82, 2.24) is 0 Å². The Hall–Kier alpha value is -2.76. The maximum absolute atomic E-state index is 13.6. The number of hydrogen-bond acceptors (Lipinski definition) is 2. The van der Waals surface area contributed by atoms with Crippen molar-refractivity contribution in [3.8, 4) is 11.1 Å². The lowest BCUT2D eigenvalue weighted by molar-refractivity contribution is 0.0679. The lowest BCUT2D eigenvalue weighted by atomic mass is 9.94. The van der Waals surface area contributed by atoms with E-state index in [1.165, 1.54) is 24.3 Å². The Kier molecular flexibility index (Phi) is 3.47. The summed E-state index contributed by atoms with van der Waals surface area (Å²) in [6, 6.07) is 6.79. The van der Waals surface area contributed by atoms with Crippen LogP contribution < -0.4 is 0 Å². The van der Waals surface area contributed by atoms with Gasteiger partial charge in [0.15, 0.2) is 0 Å². The van der Waals surface area contributed by atoms with E-state index in [9.17, 15) is 18.4 Å². The molecule has 20 heavy (non-hydrogen) atoms. The molecule has 4 nitrogen and oxygen atoms in total. The lowest BCUT2D eigenvalue weighted by Gasteiger charge is -2.10. The van der Waals surface area contributed by atoms with Crippen LogP contribution in [-0.4, -0.2) is 22.2 Å². The number of carboxylic acid groups (broad SMARTS) is 2. The molecule has 6 heteroatoms. The molecule has 0 aliphatic rings. The summed E-state index contributed by atoms with van der Waals surface area (Å²) in [7, 11) is 0. The second-order valence-electron chi connectivity index (χ2n) is 3.94. The fraction of sp³-hybridized carbons (Fsp3) is 0. The van der Waals surface area contributed by atoms with Crippen molar-refractivity contribution >= 4 is 11.9 Å². The maximum atomic E-state index is 13.6. The van der Waals surface area contributed by atoms with Gasteiger partial charge in [-0.15, -0.1) is 0 Å². The fourth-order valence-electron chi connectivity index (χ4n) is 1.93. The van der Waals surface area contributed by atoms with E-state index < -0.39 is 34.7 Å². The number of carboxylic acids is 2. The van der Waals surface area contributed by atoms with Gasteiger partial charge >= 0.3 is 11.9 Å². The molecule has 0 spiro atoms. The van der Waals surface area contributed by atoms with Crippen molar-refractivity contribution in [2.45, 2.75) is 0 Å². The van der Waals surface area contributed by atoms with Gasteiger partial charge in [0, 0.05) is 11.1 Å². The maximum Gasteiger partial charge on any atom is 0.339 e. The van der Waals surface area contributed by atoms with Crippen LogP contribution >= 0.6 is 0 Å². The minimum atomic E-state index is -1.56. The molecule has 2 rings (SSSR count). The molecular weight excluding hydrogens is 270 g/mol. The van der Waals surface area contributed by atoms with Crippen LogP contribution in [0.25, 0.3) is 11.1 Å². The van der Waals surface area contributed by atoms with E-state index in [2.05, 4.69) is 0 Å². The molecule has 2 aromatic carbocycles. The summed E-state index contributed by atoms with van der Waals surface area (Å²) in [4.78, 5) is 22.2. The van der Waals surface area contributed by atoms with Crippen molar-refractivity contribution in [2.24, 2.45) is 0 Å². The largest absolute Gasteiger partial charge is 0.478 e. The van der Waals surface area contributed by atoms with Crippen LogP contribution in [0.4, 0.5) is 8.78 Å². The molecule has 2 aromatic rings. The Bertz CT molecular complexity index is 649. The summed E-state index contributed by atoms with van der Waals surface area (Å²) in [6.45, 7) is 0. The highest BCUT2D eigenvalue weighted by molar-refractivity contribution is 6.02. The molecule has 0 aliphatic heterocycles. The number of carbonyl (C=O) groups is 2. The summed E-state index contributed by atoms with van der Waals surface area (Å²) < 4.78 is 27.2. The van der Waals surface area contributed by atoms with Crippen LogP contribution in [0, 0.1) is 11.6 Å². The average molecular weight is 278 g/mol. The summed E-state index contributed by atoms with van der Waals surface area (Å²) in [5.41, 5.74) is -1.76. The highest BCUT2D eigenvalue weighted by atomic mass is 19.1. The molecule has 0 bridgehead atoms. The number of rotatable bonds is 3. The van der Waals surface area contributed by atoms with Gasteiger partial charge in [-0.1, -0.05) is 24.3 Å². The first-order valence-electron chi connectivity index (χ1n) is 5.47. The molecular formula is C14H8F2O4. The number of benzene rings is 2. The minimum absolute atomic E-state index is 0.186. The van der Waals surface area contributed by atoms with E-state index >= 15 is 0 Å². The van der Waals surface area contributed by atoms with Crippen LogP contribution in [0.5, 0.6) is 0 Å². The Balaban J connectivity index is 2.83. The van der Waals surface area contributed by atoms with E-state index in [-0.39, 0.29) is 11.1 Å². The van der Waals surface area contributed by atoms with Crippen molar-refractivity contribution < 1.29 is 28.6 Å². The quantitative estimate of drug-likeness (QED) is 0.905. The van der Waals surface area contributed by atoms with E-state index in [0.29, 0.717) is 0 Å². The topological polar surface area (TPSA) is 74.6 Å². The minimum Gasteiger partial charge on any atom is -0.478 e. The Morgan fingerprint density at radius 2 is 1.10 bits per heavy atom. The van der Waals surface area contributed by atoms with Crippen molar-refractivity contribution in [1.29, 1.82) is 0 Å². The first-order chi connectivity index (χ1) is 9.43. The lowest BCUT2D eigenvalue weighted by Crippen LogP contribution is -2.08. The fourth-order valence-corrected chi connectivity index (χ4v) is 1.93. The zero-order valence-electron chi connectivity index (χ0n) is 9.93. The first kappa shape index (κ1) is 13.7. The van der Waals surface area contributed by atoms with Gasteiger partial charge in [-0.3, -0.25) is 0 Å². The molecule has 0 heterocycles. The summed E-state index contributed by atoms with van der Waals surface area (Å²) in [5, 5.41) is 18.1. The van der Waals surface area contributed by atoms with E-state index in [1.54, 1.807) is 0 Å². The number of hydrogen-bond donors (Lipinski definition) is 2. The van der Waals surface area contributed by atoms with Gasteiger partial charge in [0.2, 0.25) is 0 Å².